The van der Waals surface area contributed by atoms with Gasteiger partial charge >= 0.3 is 0 Å². The summed E-state index contributed by atoms with van der Waals surface area (Å²) in [5.74, 6) is 0. The molecule has 0 amide bonds. The first-order valence-electron chi connectivity index (χ1n) is 25.7. The normalized spacial score (nSPS) is 20.2. The van der Waals surface area contributed by atoms with E-state index in [1.165, 1.54) is 0 Å². The summed E-state index contributed by atoms with van der Waals surface area (Å²) in [6.45, 7) is 0. The molecule has 0 aliphatic rings. The van der Waals surface area contributed by atoms with Crippen LogP contribution in [0.25, 0.3) is 87.6 Å². The van der Waals surface area contributed by atoms with Crippen molar-refractivity contribution in [1.29, 1.82) is 0 Å². The Kier molecular flexibility index (Phi) is 2.13. The third kappa shape index (κ3) is 3.65. The van der Waals surface area contributed by atoms with E-state index in [1.54, 1.807) is 0 Å². The van der Waals surface area contributed by atoms with Crippen LogP contribution < -0.4 is 0 Å². The van der Waals surface area contributed by atoms with Crippen LogP contribution in [0.5, 0.6) is 0 Å². The summed E-state index contributed by atoms with van der Waals surface area (Å²) < 4.78 is 239. The smallest absolute Gasteiger partial charge is 0.143 e. The number of benzene rings is 8. The lowest BCUT2D eigenvalue weighted by Crippen LogP contribution is -1.92. The fraction of sp³-hybridized carbons (Fsp3) is 0. The average Bonchev–Trinajstić information content (AvgIpc) is 3.72. The van der Waals surface area contributed by atoms with Gasteiger partial charge in [-0.3, -0.25) is 0 Å². The van der Waals surface area contributed by atoms with Crippen LogP contribution in [0.2, 0.25) is 0 Å². The van der Waals surface area contributed by atoms with E-state index in [1.807, 2.05) is 0 Å². The van der Waals surface area contributed by atoms with Crippen molar-refractivity contribution in [3.05, 3.63) is 157 Å². The summed E-state index contributed by atoms with van der Waals surface area (Å²) >= 11 is 0. The minimum Gasteiger partial charge on any atom is -0.455 e. The largest absolute Gasteiger partial charge is 0.455 e. The van der Waals surface area contributed by atoms with Crippen LogP contribution in [0.1, 0.15) is 35.6 Å². The van der Waals surface area contributed by atoms with Crippen molar-refractivity contribution in [3.8, 4) is 33.4 Å². The monoisotopic (exact) mass is 572 g/mol. The zero-order valence-electron chi connectivity index (χ0n) is 47.4. The van der Waals surface area contributed by atoms with Gasteiger partial charge in [-0.1, -0.05) is 145 Å². The lowest BCUT2D eigenvalue weighted by Gasteiger charge is -2.19. The van der Waals surface area contributed by atoms with Gasteiger partial charge in [-0.05, 0) is 66.7 Å². The topological polar surface area (TPSA) is 13.1 Å². The first-order chi connectivity index (χ1) is 32.2. The van der Waals surface area contributed by atoms with E-state index in [9.17, 15) is 9.60 Å². The van der Waals surface area contributed by atoms with Gasteiger partial charge in [0.2, 0.25) is 0 Å². The van der Waals surface area contributed by atoms with Gasteiger partial charge in [-0.25, -0.2) is 0 Å². The third-order valence-electron chi connectivity index (χ3n) is 7.00. The zero-order valence-corrected chi connectivity index (χ0v) is 21.4. The van der Waals surface area contributed by atoms with Gasteiger partial charge in [-0.2, -0.15) is 0 Å². The lowest BCUT2D eigenvalue weighted by atomic mass is 9.83. The predicted octanol–water partition coefficient (Wildman–Crippen LogP) is 12.0. The van der Waals surface area contributed by atoms with Crippen LogP contribution in [0, 0.1) is 0 Å². The van der Waals surface area contributed by atoms with Gasteiger partial charge in [0, 0.05) is 21.9 Å². The molecular formula is C42H26O. The Bertz CT molecular complexity index is 3930. The second-order valence-electron chi connectivity index (χ2n) is 9.26. The maximum atomic E-state index is 10.0. The van der Waals surface area contributed by atoms with Crippen molar-refractivity contribution in [2.75, 3.05) is 0 Å². The van der Waals surface area contributed by atoms with Gasteiger partial charge in [0.15, 0.2) is 0 Å². The van der Waals surface area contributed by atoms with Crippen molar-refractivity contribution in [2.24, 2.45) is 0 Å². The Morgan fingerprint density at radius 3 is 1.79 bits per heavy atom. The van der Waals surface area contributed by atoms with Crippen LogP contribution in [0.3, 0.4) is 0 Å². The standard InChI is InChI=1S/C42H26O/c1-2-12-27(13-3-1)29-24-25-35-38(26-29)41(37-22-11-21-36-31-17-8-9-23-39(31)43-42(36)37)34-19-7-6-18-33(34)40(35)32-20-10-15-28-14-4-5-16-30(28)32/h1-26H/i1D,2D,3D,4D,5D,6D,7D,8D,9D,10D,11D,12D,13D,14D,15D,16D,17D,18D,19D,20D,21D,22D,23D,24D,25D,26D. The molecule has 1 aromatic heterocycles. The number of para-hydroxylation sites is 2. The average molecular weight is 573 g/mol. The van der Waals surface area contributed by atoms with E-state index < -0.39 is 245 Å². The molecule has 200 valence electrons. The Labute approximate surface area is 285 Å². The molecular weight excluding hydrogens is 520 g/mol. The Morgan fingerprint density at radius 2 is 0.953 bits per heavy atom. The molecule has 0 fully saturated rings. The maximum absolute atomic E-state index is 10.0. The molecule has 0 aliphatic carbocycles. The molecule has 0 radical (unpaired) electrons. The summed E-state index contributed by atoms with van der Waals surface area (Å²) in [6, 6.07) is -24.2. The van der Waals surface area contributed by atoms with Crippen molar-refractivity contribution in [3.63, 3.8) is 0 Å². The first-order valence-corrected chi connectivity index (χ1v) is 12.7. The number of fused-ring (bicyclic) bond motifs is 6. The van der Waals surface area contributed by atoms with E-state index in [4.69, 9.17) is 30.5 Å². The third-order valence-corrected chi connectivity index (χ3v) is 7.00. The Balaban J connectivity index is 1.74. The molecule has 43 heavy (non-hydrogen) atoms. The molecule has 1 heterocycles. The predicted molar refractivity (Wildman–Crippen MR) is 183 cm³/mol. The molecule has 0 bridgehead atoms. The molecule has 8 aromatic carbocycles. The highest BCUT2D eigenvalue weighted by atomic mass is 16.3. The highest BCUT2D eigenvalue weighted by Gasteiger charge is 2.21. The molecule has 0 saturated heterocycles. The maximum Gasteiger partial charge on any atom is 0.143 e. The molecule has 9 rings (SSSR count). The van der Waals surface area contributed by atoms with Gasteiger partial charge in [-0.15, -0.1) is 0 Å². The lowest BCUT2D eigenvalue weighted by molar-refractivity contribution is 0.670. The SMILES string of the molecule is [2H]c1c([2H])c([2H])c(-c2c([2H])c([2H])c3c(-c4c([2H])c([2H])c([2H])c5c([2H])c([2H])c([2H])c([2H])c45)c4c([2H])c([2H])c([2H])c([2H])c4c(-c4c([2H])c([2H])c([2H])c5c4oc4c([2H])c([2H])c([2H])c([2H])c45)c3c2[2H])c([2H])c1[2H]. The quantitative estimate of drug-likeness (QED) is 0.192. The van der Waals surface area contributed by atoms with Crippen molar-refractivity contribution < 1.29 is 40.1 Å². The Hall–Kier alpha value is -5.66. The van der Waals surface area contributed by atoms with E-state index in [0.717, 1.165) is 0 Å². The summed E-state index contributed by atoms with van der Waals surface area (Å²) in [6.07, 6.45) is 0. The summed E-state index contributed by atoms with van der Waals surface area (Å²) in [4.78, 5) is 0. The highest BCUT2D eigenvalue weighted by Crippen LogP contribution is 2.48. The molecule has 0 unspecified atom stereocenters. The van der Waals surface area contributed by atoms with Gasteiger partial charge in [0.05, 0.1) is 35.6 Å². The minimum atomic E-state index is -1.07. The molecule has 0 aliphatic heterocycles. The number of rotatable bonds is 3. The molecule has 0 atom stereocenters. The number of hydrogen-bond acceptors (Lipinski definition) is 1. The van der Waals surface area contributed by atoms with Crippen LogP contribution in [0.4, 0.5) is 0 Å². The van der Waals surface area contributed by atoms with Crippen molar-refractivity contribution in [2.45, 2.75) is 0 Å². The van der Waals surface area contributed by atoms with Crippen LogP contribution in [-0.2, 0) is 0 Å². The second-order valence-corrected chi connectivity index (χ2v) is 9.26. The van der Waals surface area contributed by atoms with E-state index in [-0.39, 0.29) is 0 Å². The van der Waals surface area contributed by atoms with E-state index in [0.29, 0.717) is 0 Å². The second kappa shape index (κ2) is 9.44. The van der Waals surface area contributed by atoms with Crippen LogP contribution in [-0.4, -0.2) is 0 Å². The van der Waals surface area contributed by atoms with E-state index >= 15 is 0 Å². The molecule has 0 saturated carbocycles. The molecule has 1 heteroatoms. The number of hydrogen-bond donors (Lipinski definition) is 0. The summed E-state index contributed by atoms with van der Waals surface area (Å²) in [5, 5.41) is -5.33. The highest BCUT2D eigenvalue weighted by molar-refractivity contribution is 6.26. The molecule has 0 spiro atoms. The zero-order chi connectivity index (χ0) is 51.0. The fourth-order valence-corrected chi connectivity index (χ4v) is 5.22. The minimum absolute atomic E-state index is 0.457. The van der Waals surface area contributed by atoms with Gasteiger partial charge in [0.1, 0.15) is 11.2 Å². The Morgan fingerprint density at radius 1 is 0.372 bits per heavy atom. The van der Waals surface area contributed by atoms with Crippen LogP contribution in [0.15, 0.2) is 162 Å². The van der Waals surface area contributed by atoms with Crippen molar-refractivity contribution in [1.82, 2.24) is 0 Å². The van der Waals surface area contributed by atoms with Gasteiger partial charge in [0.25, 0.3) is 0 Å². The molecule has 0 N–H and O–H groups in total. The first kappa shape index (κ1) is 9.69. The summed E-state index contributed by atoms with van der Waals surface area (Å²) in [5.41, 5.74) is -5.89. The molecule has 1 nitrogen and oxygen atoms in total. The van der Waals surface area contributed by atoms with Gasteiger partial charge < -0.3 is 4.42 Å². The number of furan rings is 1. The summed E-state index contributed by atoms with van der Waals surface area (Å²) in [7, 11) is 0. The van der Waals surface area contributed by atoms with Crippen LogP contribution >= 0.6 is 0 Å². The fourth-order valence-electron chi connectivity index (χ4n) is 5.22. The molecule has 9 aromatic rings. The van der Waals surface area contributed by atoms with Crippen molar-refractivity contribution >= 4 is 54.3 Å². The van der Waals surface area contributed by atoms with E-state index in [2.05, 4.69) is 0 Å².